The van der Waals surface area contributed by atoms with Gasteiger partial charge in [0, 0.05) is 58.4 Å². The summed E-state index contributed by atoms with van der Waals surface area (Å²) in [5.41, 5.74) is 0. The van der Waals surface area contributed by atoms with E-state index in [2.05, 4.69) is 42.1 Å². The van der Waals surface area contributed by atoms with E-state index in [0.29, 0.717) is 6.04 Å². The van der Waals surface area contributed by atoms with Crippen molar-refractivity contribution in [3.8, 4) is 0 Å². The van der Waals surface area contributed by atoms with Crippen LogP contribution in [0.25, 0.3) is 0 Å². The Kier molecular flexibility index (Phi) is 17.6. The normalized spacial score (nSPS) is 26.5. The molecule has 0 amide bonds. The van der Waals surface area contributed by atoms with Crippen molar-refractivity contribution >= 4 is 0 Å². The summed E-state index contributed by atoms with van der Waals surface area (Å²) < 4.78 is 0. The van der Waals surface area contributed by atoms with Crippen molar-refractivity contribution in [3.63, 3.8) is 0 Å². The van der Waals surface area contributed by atoms with Crippen LogP contribution in [-0.2, 0) is 0 Å². The zero-order chi connectivity index (χ0) is 21.7. The molecule has 1 atom stereocenters. The number of hydrogen-bond donors (Lipinski definition) is 7. The Morgan fingerprint density at radius 3 is 1.74 bits per heavy atom. The predicted octanol–water partition coefficient (Wildman–Crippen LogP) is -0.848. The van der Waals surface area contributed by atoms with Crippen LogP contribution in [0, 0.1) is 0 Å². The van der Waals surface area contributed by atoms with Gasteiger partial charge in [-0.2, -0.15) is 0 Å². The molecule has 31 heavy (non-hydrogen) atoms. The molecule has 184 valence electrons. The highest BCUT2D eigenvalue weighted by Crippen LogP contribution is 2.04. The van der Waals surface area contributed by atoms with Crippen LogP contribution in [0.5, 0.6) is 0 Å². The van der Waals surface area contributed by atoms with E-state index in [0.717, 1.165) is 85.1 Å². The topological polar surface area (TPSA) is 87.5 Å². The highest BCUT2D eigenvalue weighted by Gasteiger charge is 2.10. The Bertz CT molecular complexity index is 323. The molecule has 1 unspecified atom stereocenters. The van der Waals surface area contributed by atoms with Crippen LogP contribution in [0.2, 0.25) is 0 Å². The van der Waals surface area contributed by atoms with E-state index in [1.54, 1.807) is 0 Å². The number of hydrogen-bond acceptors (Lipinski definition) is 8. The second-order valence-electron chi connectivity index (χ2n) is 8.98. The second-order valence-corrected chi connectivity index (χ2v) is 8.98. The van der Waals surface area contributed by atoms with Crippen molar-refractivity contribution in [2.45, 2.75) is 44.6 Å². The minimum Gasteiger partial charge on any atom is -0.315 e. The molecule has 0 aliphatic carbocycles. The van der Waals surface area contributed by atoms with E-state index in [1.807, 2.05) is 0 Å². The second kappa shape index (κ2) is 20.3. The molecule has 2 aliphatic heterocycles. The Balaban J connectivity index is 1.67. The molecular formula is C23H52N8. The Hall–Kier alpha value is -0.320. The molecular weight excluding hydrogens is 388 g/mol. The monoisotopic (exact) mass is 440 g/mol. The summed E-state index contributed by atoms with van der Waals surface area (Å²) in [6.45, 7) is 17.9. The Morgan fingerprint density at radius 2 is 1.06 bits per heavy atom. The molecule has 0 saturated carbocycles. The highest BCUT2D eigenvalue weighted by molar-refractivity contribution is 4.72. The van der Waals surface area contributed by atoms with Gasteiger partial charge < -0.3 is 42.1 Å². The Labute approximate surface area is 191 Å². The molecule has 0 bridgehead atoms. The van der Waals surface area contributed by atoms with Crippen molar-refractivity contribution in [2.24, 2.45) is 0 Å². The zero-order valence-corrected chi connectivity index (χ0v) is 20.1. The average molecular weight is 441 g/mol. The fourth-order valence-corrected chi connectivity index (χ4v) is 4.33. The Morgan fingerprint density at radius 1 is 0.516 bits per heavy atom. The molecule has 8 heteroatoms. The van der Waals surface area contributed by atoms with Gasteiger partial charge in [0.05, 0.1) is 0 Å². The summed E-state index contributed by atoms with van der Waals surface area (Å²) in [7, 11) is 0. The summed E-state index contributed by atoms with van der Waals surface area (Å²) in [5.74, 6) is 0. The number of rotatable bonds is 4. The molecule has 2 heterocycles. The number of nitrogens with one attached hydrogen (secondary N) is 7. The van der Waals surface area contributed by atoms with Gasteiger partial charge in [-0.15, -0.1) is 0 Å². The zero-order valence-electron chi connectivity index (χ0n) is 20.1. The van der Waals surface area contributed by atoms with Crippen molar-refractivity contribution in [2.75, 3.05) is 105 Å². The lowest BCUT2D eigenvalue weighted by atomic mass is 10.1. The molecule has 0 radical (unpaired) electrons. The van der Waals surface area contributed by atoms with Crippen molar-refractivity contribution in [3.05, 3.63) is 0 Å². The van der Waals surface area contributed by atoms with Crippen molar-refractivity contribution < 1.29 is 0 Å². The van der Waals surface area contributed by atoms with Gasteiger partial charge in [-0.3, -0.25) is 0 Å². The molecule has 2 aliphatic rings. The quantitative estimate of drug-likeness (QED) is 0.304. The fraction of sp³-hybridized carbons (Fsp3) is 1.00. The van der Waals surface area contributed by atoms with Crippen LogP contribution in [0.15, 0.2) is 0 Å². The summed E-state index contributed by atoms with van der Waals surface area (Å²) in [5, 5.41) is 25.2. The lowest BCUT2D eigenvalue weighted by molar-refractivity contribution is 0.256. The third-order valence-electron chi connectivity index (χ3n) is 6.24. The summed E-state index contributed by atoms with van der Waals surface area (Å²) in [6, 6.07) is 0.622. The first-order valence-electron chi connectivity index (χ1n) is 13.2. The predicted molar refractivity (Wildman–Crippen MR) is 133 cm³/mol. The fourth-order valence-electron chi connectivity index (χ4n) is 4.33. The van der Waals surface area contributed by atoms with E-state index in [-0.39, 0.29) is 0 Å². The molecule has 2 rings (SSSR count). The standard InChI is InChI=1S/C23H52N8/c1(5-23-6-12-29-16-15-25-7-2-9-26-17-18-30-23)20-31-21-4-11-27-14-13-24-8-3-10-28-19-22-31/h23-30H,1-22H2. The van der Waals surface area contributed by atoms with Gasteiger partial charge in [0.1, 0.15) is 0 Å². The third kappa shape index (κ3) is 16.0. The smallest absolute Gasteiger partial charge is 0.0107 e. The number of nitrogens with zero attached hydrogens (tertiary/aromatic N) is 1. The van der Waals surface area contributed by atoms with Gasteiger partial charge >= 0.3 is 0 Å². The van der Waals surface area contributed by atoms with Gasteiger partial charge in [-0.25, -0.2) is 0 Å². The first-order chi connectivity index (χ1) is 15.4. The van der Waals surface area contributed by atoms with Gasteiger partial charge in [0.25, 0.3) is 0 Å². The minimum atomic E-state index is 0.622. The molecule has 7 N–H and O–H groups in total. The molecule has 0 aromatic heterocycles. The van der Waals surface area contributed by atoms with Gasteiger partial charge in [0.2, 0.25) is 0 Å². The molecule has 2 fully saturated rings. The van der Waals surface area contributed by atoms with Gasteiger partial charge in [0.15, 0.2) is 0 Å². The van der Waals surface area contributed by atoms with Crippen molar-refractivity contribution in [1.29, 1.82) is 0 Å². The third-order valence-corrected chi connectivity index (χ3v) is 6.24. The van der Waals surface area contributed by atoms with E-state index >= 15 is 0 Å². The summed E-state index contributed by atoms with van der Waals surface area (Å²) >= 11 is 0. The van der Waals surface area contributed by atoms with Gasteiger partial charge in [-0.1, -0.05) is 0 Å². The lowest BCUT2D eigenvalue weighted by Gasteiger charge is -2.25. The molecule has 0 spiro atoms. The van der Waals surface area contributed by atoms with Crippen LogP contribution < -0.4 is 37.2 Å². The molecule has 2 saturated heterocycles. The van der Waals surface area contributed by atoms with E-state index in [9.17, 15) is 0 Å². The SMILES string of the molecule is C1CNCCNCCC(CCCN2CCCNCCNCCCNCC2)NCCNC1. The summed E-state index contributed by atoms with van der Waals surface area (Å²) in [4.78, 5) is 2.67. The first-order valence-corrected chi connectivity index (χ1v) is 13.2. The van der Waals surface area contributed by atoms with Crippen LogP contribution in [-0.4, -0.2) is 116 Å². The molecule has 0 aromatic rings. The first kappa shape index (κ1) is 26.9. The van der Waals surface area contributed by atoms with Crippen molar-refractivity contribution in [1.82, 2.24) is 42.1 Å². The lowest BCUT2D eigenvalue weighted by Crippen LogP contribution is -2.40. The van der Waals surface area contributed by atoms with Crippen LogP contribution in [0.4, 0.5) is 0 Å². The van der Waals surface area contributed by atoms with Gasteiger partial charge in [-0.05, 0) is 90.9 Å². The summed E-state index contributed by atoms with van der Waals surface area (Å²) in [6.07, 6.45) is 7.44. The maximum Gasteiger partial charge on any atom is 0.0107 e. The van der Waals surface area contributed by atoms with E-state index in [4.69, 9.17) is 0 Å². The van der Waals surface area contributed by atoms with E-state index < -0.39 is 0 Å². The maximum absolute atomic E-state index is 3.82. The average Bonchev–Trinajstić information content (AvgIpc) is 2.78. The van der Waals surface area contributed by atoms with Crippen LogP contribution >= 0.6 is 0 Å². The molecule has 8 nitrogen and oxygen atoms in total. The van der Waals surface area contributed by atoms with Crippen LogP contribution in [0.1, 0.15) is 38.5 Å². The largest absolute Gasteiger partial charge is 0.315 e. The highest BCUT2D eigenvalue weighted by atomic mass is 15.1. The minimum absolute atomic E-state index is 0.622. The van der Waals surface area contributed by atoms with Crippen LogP contribution in [0.3, 0.4) is 0 Å². The maximum atomic E-state index is 3.82. The van der Waals surface area contributed by atoms with E-state index in [1.165, 1.54) is 58.2 Å². The molecule has 0 aromatic carbocycles.